The van der Waals surface area contributed by atoms with E-state index in [0.717, 1.165) is 18.8 Å². The van der Waals surface area contributed by atoms with Crippen LogP contribution in [0.1, 0.15) is 45.4 Å². The maximum Gasteiger partial charge on any atom is 0.237 e. The average molecular weight is 297 g/mol. The van der Waals surface area contributed by atoms with Crippen molar-refractivity contribution in [1.29, 1.82) is 0 Å². The molecule has 1 amide bonds. The normalized spacial score (nSPS) is 32.3. The first-order valence-electron chi connectivity index (χ1n) is 8.28. The van der Waals surface area contributed by atoms with Gasteiger partial charge in [-0.2, -0.15) is 0 Å². The molecule has 2 aliphatic rings. The third-order valence-corrected chi connectivity index (χ3v) is 4.77. The van der Waals surface area contributed by atoms with Crippen molar-refractivity contribution in [2.75, 3.05) is 27.2 Å². The second-order valence-corrected chi connectivity index (χ2v) is 7.40. The number of piperidine rings is 1. The predicted molar refractivity (Wildman–Crippen MR) is 84.1 cm³/mol. The molecule has 4 unspecified atom stereocenters. The van der Waals surface area contributed by atoms with E-state index in [4.69, 9.17) is 0 Å². The second kappa shape index (κ2) is 7.07. The zero-order valence-electron chi connectivity index (χ0n) is 13.7. The van der Waals surface area contributed by atoms with Crippen LogP contribution >= 0.6 is 0 Å². The number of carbonyl (C=O) groups excluding carboxylic acids is 1. The van der Waals surface area contributed by atoms with Crippen LogP contribution in [0.4, 0.5) is 0 Å². The molecule has 3 N–H and O–H groups in total. The van der Waals surface area contributed by atoms with Gasteiger partial charge in [0.05, 0.1) is 11.6 Å². The van der Waals surface area contributed by atoms with Crippen molar-refractivity contribution in [3.8, 4) is 0 Å². The molecule has 1 saturated heterocycles. The number of amides is 1. The smallest absolute Gasteiger partial charge is 0.237 e. The monoisotopic (exact) mass is 297 g/mol. The predicted octanol–water partition coefficient (Wildman–Crippen LogP) is 0.726. The highest BCUT2D eigenvalue weighted by Crippen LogP contribution is 2.32. The topological polar surface area (TPSA) is 64.6 Å². The minimum atomic E-state index is -0.888. The Morgan fingerprint density at radius 3 is 2.71 bits per heavy atom. The maximum atomic E-state index is 12.3. The molecule has 5 heteroatoms. The van der Waals surface area contributed by atoms with Gasteiger partial charge in [-0.1, -0.05) is 12.8 Å². The van der Waals surface area contributed by atoms with Crippen LogP contribution < -0.4 is 10.6 Å². The van der Waals surface area contributed by atoms with E-state index in [1.165, 1.54) is 25.7 Å². The molecular weight excluding hydrogens is 266 g/mol. The second-order valence-electron chi connectivity index (χ2n) is 7.40. The summed E-state index contributed by atoms with van der Waals surface area (Å²) in [4.78, 5) is 14.2. The molecule has 0 aromatic rings. The van der Waals surface area contributed by atoms with Crippen LogP contribution in [-0.2, 0) is 4.79 Å². The Kier molecular flexibility index (Phi) is 5.63. The molecule has 5 nitrogen and oxygen atoms in total. The summed E-state index contributed by atoms with van der Waals surface area (Å²) in [5.74, 6) is 0.803. The lowest BCUT2D eigenvalue weighted by Gasteiger charge is -2.40. The van der Waals surface area contributed by atoms with E-state index < -0.39 is 5.60 Å². The van der Waals surface area contributed by atoms with Gasteiger partial charge in [-0.05, 0) is 52.6 Å². The highest BCUT2D eigenvalue weighted by atomic mass is 16.3. The minimum absolute atomic E-state index is 0.0399. The van der Waals surface area contributed by atoms with Gasteiger partial charge in [0, 0.05) is 19.1 Å². The van der Waals surface area contributed by atoms with Crippen LogP contribution in [0.3, 0.4) is 0 Å². The third-order valence-electron chi connectivity index (χ3n) is 4.77. The lowest BCUT2D eigenvalue weighted by molar-refractivity contribution is -0.125. The summed E-state index contributed by atoms with van der Waals surface area (Å²) in [5.41, 5.74) is -0.888. The summed E-state index contributed by atoms with van der Waals surface area (Å²) in [7, 11) is 3.84. The summed E-state index contributed by atoms with van der Waals surface area (Å²) < 4.78 is 0. The van der Waals surface area contributed by atoms with Gasteiger partial charge >= 0.3 is 0 Å². The molecule has 21 heavy (non-hydrogen) atoms. The number of hydrogen-bond acceptors (Lipinski definition) is 4. The Hall–Kier alpha value is -0.650. The molecule has 4 atom stereocenters. The number of fused-ring (bicyclic) bond motifs is 1. The Labute approximate surface area is 128 Å². The van der Waals surface area contributed by atoms with Gasteiger partial charge < -0.3 is 20.6 Å². The maximum absolute atomic E-state index is 12.3. The fraction of sp³-hybridized carbons (Fsp3) is 0.938. The van der Waals surface area contributed by atoms with Crippen molar-refractivity contribution in [3.63, 3.8) is 0 Å². The molecule has 0 radical (unpaired) electrons. The van der Waals surface area contributed by atoms with Crippen LogP contribution in [0, 0.1) is 5.92 Å². The first kappa shape index (κ1) is 16.7. The molecular formula is C16H31N3O2. The summed E-state index contributed by atoms with van der Waals surface area (Å²) in [6.45, 7) is 2.60. The zero-order valence-corrected chi connectivity index (χ0v) is 13.7. The number of aliphatic hydroxyl groups is 1. The van der Waals surface area contributed by atoms with Gasteiger partial charge in [-0.15, -0.1) is 0 Å². The van der Waals surface area contributed by atoms with E-state index >= 15 is 0 Å². The van der Waals surface area contributed by atoms with Crippen LogP contribution in [0.15, 0.2) is 0 Å². The van der Waals surface area contributed by atoms with E-state index in [9.17, 15) is 9.90 Å². The molecule has 122 valence electrons. The van der Waals surface area contributed by atoms with Crippen molar-refractivity contribution in [2.45, 2.75) is 63.1 Å². The Morgan fingerprint density at radius 1 is 1.29 bits per heavy atom. The molecule has 2 fully saturated rings. The third kappa shape index (κ3) is 4.94. The summed E-state index contributed by atoms with van der Waals surface area (Å²) in [6.07, 6.45) is 7.20. The van der Waals surface area contributed by atoms with E-state index in [0.29, 0.717) is 19.1 Å². The summed E-state index contributed by atoms with van der Waals surface area (Å²) in [5, 5.41) is 16.7. The number of rotatable bonds is 5. The first-order chi connectivity index (χ1) is 9.87. The molecule has 0 aromatic heterocycles. The van der Waals surface area contributed by atoms with E-state index in [2.05, 4.69) is 10.6 Å². The highest BCUT2D eigenvalue weighted by molar-refractivity contribution is 5.81. The van der Waals surface area contributed by atoms with Gasteiger partial charge in [0.1, 0.15) is 0 Å². The SMILES string of the molecule is CN(C)CC(C)(O)CNC(=O)C1CCC2CCCCC2N1. The molecule has 1 aliphatic heterocycles. The minimum Gasteiger partial charge on any atom is -0.387 e. The first-order valence-corrected chi connectivity index (χ1v) is 8.28. The number of nitrogens with zero attached hydrogens (tertiary/aromatic N) is 1. The highest BCUT2D eigenvalue weighted by Gasteiger charge is 2.34. The van der Waals surface area contributed by atoms with Crippen molar-refractivity contribution < 1.29 is 9.90 Å². The molecule has 2 rings (SSSR count). The summed E-state index contributed by atoms with van der Waals surface area (Å²) in [6, 6.07) is 0.435. The van der Waals surface area contributed by atoms with Crippen LogP contribution in [0.5, 0.6) is 0 Å². The Balaban J connectivity index is 1.78. The van der Waals surface area contributed by atoms with Crippen molar-refractivity contribution >= 4 is 5.91 Å². The molecule has 0 spiro atoms. The average Bonchev–Trinajstić information content (AvgIpc) is 2.43. The van der Waals surface area contributed by atoms with E-state index in [1.54, 1.807) is 6.92 Å². The summed E-state index contributed by atoms with van der Waals surface area (Å²) >= 11 is 0. The molecule has 1 aliphatic carbocycles. The largest absolute Gasteiger partial charge is 0.387 e. The molecule has 1 heterocycles. The van der Waals surface area contributed by atoms with Crippen LogP contribution in [-0.4, -0.2) is 60.8 Å². The van der Waals surface area contributed by atoms with Crippen molar-refractivity contribution in [3.05, 3.63) is 0 Å². The number of hydrogen-bond donors (Lipinski definition) is 3. The lowest BCUT2D eigenvalue weighted by atomic mass is 9.77. The van der Waals surface area contributed by atoms with Crippen molar-refractivity contribution in [2.24, 2.45) is 5.92 Å². The fourth-order valence-electron chi connectivity index (χ4n) is 3.84. The zero-order chi connectivity index (χ0) is 15.5. The van der Waals surface area contributed by atoms with E-state index in [-0.39, 0.29) is 11.9 Å². The number of nitrogens with one attached hydrogen (secondary N) is 2. The quantitative estimate of drug-likeness (QED) is 0.700. The molecule has 1 saturated carbocycles. The van der Waals surface area contributed by atoms with E-state index in [1.807, 2.05) is 19.0 Å². The standard InChI is InChI=1S/C16H31N3O2/c1-16(21,11-19(2)3)10-17-15(20)14-9-8-12-6-4-5-7-13(12)18-14/h12-14,18,21H,4-11H2,1-3H3,(H,17,20). The molecule has 0 bridgehead atoms. The fourth-order valence-corrected chi connectivity index (χ4v) is 3.84. The Morgan fingerprint density at radius 2 is 2.00 bits per heavy atom. The van der Waals surface area contributed by atoms with Gasteiger partial charge in [-0.25, -0.2) is 0 Å². The van der Waals surface area contributed by atoms with Gasteiger partial charge in [0.15, 0.2) is 0 Å². The van der Waals surface area contributed by atoms with Gasteiger partial charge in [0.25, 0.3) is 0 Å². The van der Waals surface area contributed by atoms with Crippen LogP contribution in [0.25, 0.3) is 0 Å². The lowest BCUT2D eigenvalue weighted by Crippen LogP contribution is -2.57. The van der Waals surface area contributed by atoms with Gasteiger partial charge in [-0.3, -0.25) is 4.79 Å². The van der Waals surface area contributed by atoms with Gasteiger partial charge in [0.2, 0.25) is 5.91 Å². The van der Waals surface area contributed by atoms with Crippen LogP contribution in [0.2, 0.25) is 0 Å². The Bertz CT molecular complexity index is 357. The molecule has 0 aromatic carbocycles. The number of likely N-dealkylation sites (N-methyl/N-ethyl adjacent to an activating group) is 1. The van der Waals surface area contributed by atoms with Crippen molar-refractivity contribution in [1.82, 2.24) is 15.5 Å². The number of carbonyl (C=O) groups is 1.